The molecule has 1 fully saturated rings. The highest BCUT2D eigenvalue weighted by atomic mass is 19.1. The molecule has 3 rings (SSSR count). The topological polar surface area (TPSA) is 21.1 Å². The Balaban J connectivity index is 1.38. The molecule has 0 atom stereocenters. The van der Waals surface area contributed by atoms with Crippen molar-refractivity contribution in [2.75, 3.05) is 19.6 Å². The Kier molecular flexibility index (Phi) is 5.22. The molecule has 118 valence electrons. The summed E-state index contributed by atoms with van der Waals surface area (Å²) in [5, 5.41) is 0. The summed E-state index contributed by atoms with van der Waals surface area (Å²) in [6.07, 6.45) is 10.1. The molecule has 3 nitrogen and oxygen atoms in total. The second-order valence-electron chi connectivity index (χ2n) is 6.23. The molecule has 1 aliphatic rings. The second-order valence-corrected chi connectivity index (χ2v) is 6.23. The minimum Gasteiger partial charge on any atom is -0.337 e. The molecule has 22 heavy (non-hydrogen) atoms. The Hall–Kier alpha value is -1.68. The fraction of sp³-hybridized carbons (Fsp3) is 0.500. The first-order valence-corrected chi connectivity index (χ1v) is 8.23. The number of imidazole rings is 1. The molecular formula is C18H24FN3. The Labute approximate surface area is 131 Å². The Morgan fingerprint density at radius 3 is 2.68 bits per heavy atom. The minimum atomic E-state index is -0.0507. The first kappa shape index (κ1) is 15.2. The van der Waals surface area contributed by atoms with E-state index < -0.39 is 0 Å². The number of rotatable bonds is 6. The lowest BCUT2D eigenvalue weighted by Crippen LogP contribution is -2.35. The fourth-order valence-corrected chi connectivity index (χ4v) is 3.29. The summed E-state index contributed by atoms with van der Waals surface area (Å²) in [6, 6.07) is 7.19. The van der Waals surface area contributed by atoms with Gasteiger partial charge in [0.1, 0.15) is 5.82 Å². The first-order chi connectivity index (χ1) is 10.8. The maximum atomic E-state index is 13.7. The van der Waals surface area contributed by atoms with Crippen molar-refractivity contribution in [1.29, 1.82) is 0 Å². The summed E-state index contributed by atoms with van der Waals surface area (Å²) in [4.78, 5) is 6.60. The highest BCUT2D eigenvalue weighted by molar-refractivity contribution is 5.17. The SMILES string of the molecule is Fc1ccccc1CC1CCN(CCCn2ccnc2)CC1. The standard InChI is InChI=1S/C18H24FN3/c19-18-5-2-1-4-17(18)14-16-6-11-21(12-7-16)9-3-10-22-13-8-20-15-22/h1-2,4-5,8,13,15-16H,3,6-7,9-12,14H2. The zero-order chi connectivity index (χ0) is 15.2. The van der Waals surface area contributed by atoms with Gasteiger partial charge < -0.3 is 9.47 Å². The van der Waals surface area contributed by atoms with Gasteiger partial charge in [0.25, 0.3) is 0 Å². The molecule has 2 aromatic rings. The van der Waals surface area contributed by atoms with Crippen LogP contribution >= 0.6 is 0 Å². The molecule has 0 spiro atoms. The summed E-state index contributed by atoms with van der Waals surface area (Å²) in [7, 11) is 0. The molecule has 1 aromatic heterocycles. The van der Waals surface area contributed by atoms with Gasteiger partial charge in [0.05, 0.1) is 6.33 Å². The predicted octanol–water partition coefficient (Wildman–Crippen LogP) is 3.37. The normalized spacial score (nSPS) is 17.0. The van der Waals surface area contributed by atoms with E-state index in [-0.39, 0.29) is 5.82 Å². The van der Waals surface area contributed by atoms with E-state index in [4.69, 9.17) is 0 Å². The summed E-state index contributed by atoms with van der Waals surface area (Å²) >= 11 is 0. The van der Waals surface area contributed by atoms with Crippen molar-refractivity contribution in [3.63, 3.8) is 0 Å². The maximum absolute atomic E-state index is 13.7. The molecule has 0 aliphatic carbocycles. The number of benzene rings is 1. The van der Waals surface area contributed by atoms with Gasteiger partial charge in [0.2, 0.25) is 0 Å². The predicted molar refractivity (Wildman–Crippen MR) is 86.1 cm³/mol. The summed E-state index contributed by atoms with van der Waals surface area (Å²) in [5.41, 5.74) is 0.876. The van der Waals surface area contributed by atoms with E-state index >= 15 is 0 Å². The Morgan fingerprint density at radius 2 is 1.95 bits per heavy atom. The van der Waals surface area contributed by atoms with Crippen molar-refractivity contribution in [3.8, 4) is 0 Å². The van der Waals surface area contributed by atoms with Gasteiger partial charge in [-0.2, -0.15) is 0 Å². The quantitative estimate of drug-likeness (QED) is 0.815. The molecular weight excluding hydrogens is 277 g/mol. The second kappa shape index (κ2) is 7.54. The van der Waals surface area contributed by atoms with Crippen LogP contribution in [0.2, 0.25) is 0 Å². The van der Waals surface area contributed by atoms with Crippen LogP contribution in [0.15, 0.2) is 43.0 Å². The number of piperidine rings is 1. The van der Waals surface area contributed by atoms with Crippen molar-refractivity contribution < 1.29 is 4.39 Å². The van der Waals surface area contributed by atoms with Crippen molar-refractivity contribution in [3.05, 3.63) is 54.4 Å². The van der Waals surface area contributed by atoms with Crippen LogP contribution in [0, 0.1) is 11.7 Å². The van der Waals surface area contributed by atoms with E-state index in [1.165, 1.54) is 12.8 Å². The van der Waals surface area contributed by atoms with Crippen LogP contribution in [0.1, 0.15) is 24.8 Å². The van der Waals surface area contributed by atoms with Crippen LogP contribution < -0.4 is 0 Å². The third kappa shape index (κ3) is 4.17. The summed E-state index contributed by atoms with van der Waals surface area (Å²) in [5.74, 6) is 0.576. The highest BCUT2D eigenvalue weighted by Crippen LogP contribution is 2.23. The molecule has 0 bridgehead atoms. The first-order valence-electron chi connectivity index (χ1n) is 8.23. The van der Waals surface area contributed by atoms with Gasteiger partial charge in [-0.15, -0.1) is 0 Å². The maximum Gasteiger partial charge on any atom is 0.126 e. The fourth-order valence-electron chi connectivity index (χ4n) is 3.29. The molecule has 1 saturated heterocycles. The molecule has 0 saturated carbocycles. The van der Waals surface area contributed by atoms with Gasteiger partial charge in [0, 0.05) is 18.9 Å². The van der Waals surface area contributed by atoms with E-state index in [1.54, 1.807) is 12.1 Å². The zero-order valence-corrected chi connectivity index (χ0v) is 13.0. The van der Waals surface area contributed by atoms with E-state index in [2.05, 4.69) is 14.5 Å². The number of aromatic nitrogens is 2. The molecule has 0 N–H and O–H groups in total. The van der Waals surface area contributed by atoms with Crippen LogP contribution in [-0.4, -0.2) is 34.1 Å². The van der Waals surface area contributed by atoms with Gasteiger partial charge in [-0.1, -0.05) is 18.2 Å². The Morgan fingerprint density at radius 1 is 1.14 bits per heavy atom. The smallest absolute Gasteiger partial charge is 0.126 e. The third-order valence-corrected chi connectivity index (χ3v) is 4.62. The van der Waals surface area contributed by atoms with Gasteiger partial charge in [-0.25, -0.2) is 9.37 Å². The van der Waals surface area contributed by atoms with Crippen molar-refractivity contribution in [2.45, 2.75) is 32.2 Å². The summed E-state index contributed by atoms with van der Waals surface area (Å²) in [6.45, 7) is 4.46. The third-order valence-electron chi connectivity index (χ3n) is 4.62. The molecule has 1 aliphatic heterocycles. The molecule has 0 radical (unpaired) electrons. The van der Waals surface area contributed by atoms with E-state index in [0.29, 0.717) is 5.92 Å². The monoisotopic (exact) mass is 301 g/mol. The van der Waals surface area contributed by atoms with Crippen LogP contribution in [-0.2, 0) is 13.0 Å². The average Bonchev–Trinajstić information content (AvgIpc) is 3.05. The number of nitrogens with zero attached hydrogens (tertiary/aromatic N) is 3. The van der Waals surface area contributed by atoms with Crippen molar-refractivity contribution in [2.24, 2.45) is 5.92 Å². The van der Waals surface area contributed by atoms with E-state index in [0.717, 1.165) is 44.6 Å². The van der Waals surface area contributed by atoms with Crippen LogP contribution in [0.4, 0.5) is 4.39 Å². The number of likely N-dealkylation sites (tertiary alicyclic amines) is 1. The molecule has 0 amide bonds. The van der Waals surface area contributed by atoms with Gasteiger partial charge >= 0.3 is 0 Å². The van der Waals surface area contributed by atoms with Crippen LogP contribution in [0.25, 0.3) is 0 Å². The van der Waals surface area contributed by atoms with Gasteiger partial charge in [-0.3, -0.25) is 0 Å². The van der Waals surface area contributed by atoms with Crippen molar-refractivity contribution in [1.82, 2.24) is 14.5 Å². The average molecular weight is 301 g/mol. The van der Waals surface area contributed by atoms with Crippen LogP contribution in [0.3, 0.4) is 0 Å². The number of hydrogen-bond acceptors (Lipinski definition) is 2. The molecule has 1 aromatic carbocycles. The molecule has 4 heteroatoms. The minimum absolute atomic E-state index is 0.0507. The van der Waals surface area contributed by atoms with E-state index in [1.807, 2.05) is 30.9 Å². The lowest BCUT2D eigenvalue weighted by Gasteiger charge is -2.32. The van der Waals surface area contributed by atoms with Crippen molar-refractivity contribution >= 4 is 0 Å². The molecule has 0 unspecified atom stereocenters. The lowest BCUT2D eigenvalue weighted by atomic mass is 9.90. The molecule has 2 heterocycles. The zero-order valence-electron chi connectivity index (χ0n) is 13.0. The Bertz CT molecular complexity index is 559. The van der Waals surface area contributed by atoms with E-state index in [9.17, 15) is 4.39 Å². The number of hydrogen-bond donors (Lipinski definition) is 0. The number of halogens is 1. The van der Waals surface area contributed by atoms with Gasteiger partial charge in [-0.05, 0) is 62.9 Å². The largest absolute Gasteiger partial charge is 0.337 e. The lowest BCUT2D eigenvalue weighted by molar-refractivity contribution is 0.179. The van der Waals surface area contributed by atoms with Gasteiger partial charge in [0.15, 0.2) is 0 Å². The highest BCUT2D eigenvalue weighted by Gasteiger charge is 2.20. The summed E-state index contributed by atoms with van der Waals surface area (Å²) < 4.78 is 15.8. The number of aryl methyl sites for hydroxylation is 1. The van der Waals surface area contributed by atoms with Crippen LogP contribution in [0.5, 0.6) is 0 Å².